The Bertz CT molecular complexity index is 583. The zero-order chi connectivity index (χ0) is 12.5. The Morgan fingerprint density at radius 1 is 1.28 bits per heavy atom. The van der Waals surface area contributed by atoms with Gasteiger partial charge in [0.15, 0.2) is 5.82 Å². The number of rotatable bonds is 1. The zero-order valence-corrected chi connectivity index (χ0v) is 11.0. The minimum Gasteiger partial charge on any atom is -0.374 e. The Balaban J connectivity index is 2.04. The van der Waals surface area contributed by atoms with Crippen molar-refractivity contribution in [3.05, 3.63) is 41.2 Å². The van der Waals surface area contributed by atoms with Gasteiger partial charge in [-0.05, 0) is 42.7 Å². The van der Waals surface area contributed by atoms with E-state index in [0.717, 1.165) is 18.5 Å². The molecule has 1 aromatic heterocycles. The summed E-state index contributed by atoms with van der Waals surface area (Å²) in [6, 6.07) is 8.08. The van der Waals surface area contributed by atoms with Gasteiger partial charge in [0.2, 0.25) is 0 Å². The van der Waals surface area contributed by atoms with Crippen molar-refractivity contribution in [3.63, 3.8) is 0 Å². The van der Waals surface area contributed by atoms with Crippen molar-refractivity contribution in [1.82, 2.24) is 9.97 Å². The topological polar surface area (TPSA) is 29.0 Å². The standard InChI is InChI=1S/C14H14ClN3/c1-18-8-2-3-10-9-11(4-5-12(10)18)14-16-7-6-13(15)17-14/h4-7,9H,2-3,8H2,1H3. The Hall–Kier alpha value is -1.61. The van der Waals surface area contributed by atoms with Gasteiger partial charge in [-0.15, -0.1) is 0 Å². The molecule has 0 radical (unpaired) electrons. The first-order chi connectivity index (χ1) is 8.74. The van der Waals surface area contributed by atoms with Crippen molar-refractivity contribution in [2.24, 2.45) is 0 Å². The molecule has 0 N–H and O–H groups in total. The summed E-state index contributed by atoms with van der Waals surface area (Å²) in [5, 5.41) is 0.481. The van der Waals surface area contributed by atoms with E-state index in [4.69, 9.17) is 11.6 Å². The van der Waals surface area contributed by atoms with Crippen LogP contribution in [0.2, 0.25) is 5.15 Å². The summed E-state index contributed by atoms with van der Waals surface area (Å²) in [6.45, 7) is 1.13. The molecule has 2 heterocycles. The molecule has 0 saturated heterocycles. The summed E-state index contributed by atoms with van der Waals surface area (Å²) in [4.78, 5) is 10.8. The Kier molecular flexibility index (Phi) is 2.92. The molecule has 0 bridgehead atoms. The van der Waals surface area contributed by atoms with Crippen molar-refractivity contribution in [2.45, 2.75) is 12.8 Å². The van der Waals surface area contributed by atoms with E-state index < -0.39 is 0 Å². The molecule has 3 nitrogen and oxygen atoms in total. The van der Waals surface area contributed by atoms with Crippen LogP contribution in [0.3, 0.4) is 0 Å². The smallest absolute Gasteiger partial charge is 0.160 e. The number of hydrogen-bond donors (Lipinski definition) is 0. The summed E-state index contributed by atoms with van der Waals surface area (Å²) >= 11 is 5.90. The quantitative estimate of drug-likeness (QED) is 0.737. The van der Waals surface area contributed by atoms with Crippen LogP contribution in [-0.4, -0.2) is 23.6 Å². The second-order valence-electron chi connectivity index (χ2n) is 4.57. The maximum Gasteiger partial charge on any atom is 0.160 e. The monoisotopic (exact) mass is 259 g/mol. The molecule has 4 heteroatoms. The number of fused-ring (bicyclic) bond motifs is 1. The van der Waals surface area contributed by atoms with Crippen LogP contribution in [0.25, 0.3) is 11.4 Å². The van der Waals surface area contributed by atoms with Gasteiger partial charge in [-0.3, -0.25) is 0 Å². The van der Waals surface area contributed by atoms with Crippen LogP contribution < -0.4 is 4.90 Å². The molecule has 0 atom stereocenters. The summed E-state index contributed by atoms with van der Waals surface area (Å²) < 4.78 is 0. The second-order valence-corrected chi connectivity index (χ2v) is 4.96. The molecule has 0 saturated carbocycles. The first-order valence-electron chi connectivity index (χ1n) is 6.07. The molecular formula is C14H14ClN3. The lowest BCUT2D eigenvalue weighted by Gasteiger charge is -2.27. The molecule has 1 aliphatic heterocycles. The Labute approximate surface area is 111 Å². The molecular weight excluding hydrogens is 246 g/mol. The van der Waals surface area contributed by atoms with E-state index in [1.54, 1.807) is 12.3 Å². The molecule has 1 aliphatic rings. The third-order valence-corrected chi connectivity index (χ3v) is 3.52. The minimum absolute atomic E-state index is 0.481. The van der Waals surface area contributed by atoms with Gasteiger partial charge >= 0.3 is 0 Å². The lowest BCUT2D eigenvalue weighted by atomic mass is 9.99. The molecule has 0 amide bonds. The van der Waals surface area contributed by atoms with E-state index in [1.807, 2.05) is 0 Å². The van der Waals surface area contributed by atoms with Crippen LogP contribution in [-0.2, 0) is 6.42 Å². The maximum atomic E-state index is 5.90. The summed E-state index contributed by atoms with van der Waals surface area (Å²) in [5.41, 5.74) is 3.71. The van der Waals surface area contributed by atoms with Crippen molar-refractivity contribution >= 4 is 17.3 Å². The number of hydrogen-bond acceptors (Lipinski definition) is 3. The van der Waals surface area contributed by atoms with Crippen LogP contribution in [0.4, 0.5) is 5.69 Å². The predicted molar refractivity (Wildman–Crippen MR) is 74.1 cm³/mol. The highest BCUT2D eigenvalue weighted by atomic mass is 35.5. The van der Waals surface area contributed by atoms with Crippen molar-refractivity contribution in [3.8, 4) is 11.4 Å². The molecule has 92 valence electrons. The van der Waals surface area contributed by atoms with Crippen LogP contribution >= 0.6 is 11.6 Å². The van der Waals surface area contributed by atoms with Crippen LogP contribution in [0.15, 0.2) is 30.5 Å². The van der Waals surface area contributed by atoms with Gasteiger partial charge in [0, 0.05) is 31.0 Å². The van der Waals surface area contributed by atoms with Gasteiger partial charge in [-0.1, -0.05) is 11.6 Å². The highest BCUT2D eigenvalue weighted by molar-refractivity contribution is 6.29. The first-order valence-corrected chi connectivity index (χ1v) is 6.45. The van der Waals surface area contributed by atoms with E-state index >= 15 is 0 Å². The predicted octanol–water partition coefficient (Wildman–Crippen LogP) is 3.18. The van der Waals surface area contributed by atoms with Crippen molar-refractivity contribution in [1.29, 1.82) is 0 Å². The number of aromatic nitrogens is 2. The van der Waals surface area contributed by atoms with E-state index in [9.17, 15) is 0 Å². The molecule has 1 aromatic carbocycles. The maximum absolute atomic E-state index is 5.90. The molecule has 18 heavy (non-hydrogen) atoms. The molecule has 0 aliphatic carbocycles. The van der Waals surface area contributed by atoms with Crippen LogP contribution in [0.1, 0.15) is 12.0 Å². The fourth-order valence-electron chi connectivity index (χ4n) is 2.40. The van der Waals surface area contributed by atoms with Gasteiger partial charge in [-0.25, -0.2) is 9.97 Å². The number of benzene rings is 1. The molecule has 0 fully saturated rings. The molecule has 2 aromatic rings. The third kappa shape index (κ3) is 2.06. The number of anilines is 1. The molecule has 3 rings (SSSR count). The number of halogens is 1. The normalized spacial score (nSPS) is 14.4. The van der Waals surface area contributed by atoms with Crippen LogP contribution in [0, 0.1) is 0 Å². The largest absolute Gasteiger partial charge is 0.374 e. The Morgan fingerprint density at radius 2 is 2.17 bits per heavy atom. The fourth-order valence-corrected chi connectivity index (χ4v) is 2.54. The van der Waals surface area contributed by atoms with Gasteiger partial charge in [0.05, 0.1) is 0 Å². The van der Waals surface area contributed by atoms with Crippen molar-refractivity contribution in [2.75, 3.05) is 18.5 Å². The summed E-state index contributed by atoms with van der Waals surface area (Å²) in [6.07, 6.45) is 4.01. The second kappa shape index (κ2) is 4.58. The lowest BCUT2D eigenvalue weighted by Crippen LogP contribution is -2.24. The molecule has 0 unspecified atom stereocenters. The van der Waals surface area contributed by atoms with Gasteiger partial charge in [0.1, 0.15) is 5.15 Å². The number of nitrogens with zero attached hydrogens (tertiary/aromatic N) is 3. The van der Waals surface area contributed by atoms with E-state index in [1.165, 1.54) is 17.7 Å². The first kappa shape index (κ1) is 11.5. The van der Waals surface area contributed by atoms with E-state index in [-0.39, 0.29) is 0 Å². The fraction of sp³-hybridized carbons (Fsp3) is 0.286. The highest BCUT2D eigenvalue weighted by Crippen LogP contribution is 2.29. The Morgan fingerprint density at radius 3 is 3.00 bits per heavy atom. The zero-order valence-electron chi connectivity index (χ0n) is 10.2. The van der Waals surface area contributed by atoms with Crippen LogP contribution in [0.5, 0.6) is 0 Å². The molecule has 0 spiro atoms. The highest BCUT2D eigenvalue weighted by Gasteiger charge is 2.14. The SMILES string of the molecule is CN1CCCc2cc(-c3nccc(Cl)n3)ccc21. The summed E-state index contributed by atoms with van der Waals surface area (Å²) in [5.74, 6) is 0.693. The van der Waals surface area contributed by atoms with E-state index in [2.05, 4.69) is 40.1 Å². The van der Waals surface area contributed by atoms with Gasteiger partial charge < -0.3 is 4.90 Å². The van der Waals surface area contributed by atoms with E-state index in [0.29, 0.717) is 11.0 Å². The number of aryl methyl sites for hydroxylation is 1. The third-order valence-electron chi connectivity index (χ3n) is 3.31. The summed E-state index contributed by atoms with van der Waals surface area (Å²) in [7, 11) is 2.13. The van der Waals surface area contributed by atoms with Crippen molar-refractivity contribution < 1.29 is 0 Å². The van der Waals surface area contributed by atoms with Gasteiger partial charge in [0.25, 0.3) is 0 Å². The van der Waals surface area contributed by atoms with Gasteiger partial charge in [-0.2, -0.15) is 0 Å². The average molecular weight is 260 g/mol. The minimum atomic E-state index is 0.481. The lowest BCUT2D eigenvalue weighted by molar-refractivity contribution is 0.744. The average Bonchev–Trinajstić information content (AvgIpc) is 2.39.